The van der Waals surface area contributed by atoms with E-state index in [0.717, 1.165) is 32.4 Å². The summed E-state index contributed by atoms with van der Waals surface area (Å²) in [6.45, 7) is 2.53. The van der Waals surface area contributed by atoms with Gasteiger partial charge in [-0.1, -0.05) is 0 Å². The van der Waals surface area contributed by atoms with Gasteiger partial charge >= 0.3 is 0 Å². The molecule has 2 unspecified atom stereocenters. The van der Waals surface area contributed by atoms with E-state index in [4.69, 9.17) is 0 Å². The van der Waals surface area contributed by atoms with Gasteiger partial charge in [0.05, 0.1) is 13.1 Å². The molecular weight excluding hydrogens is 268 g/mol. The molecule has 2 aliphatic heterocycles. The molecule has 6 heteroatoms. The van der Waals surface area contributed by atoms with E-state index in [2.05, 4.69) is 15.5 Å². The van der Waals surface area contributed by atoms with Gasteiger partial charge in [-0.2, -0.15) is 0 Å². The summed E-state index contributed by atoms with van der Waals surface area (Å²) in [5.74, 6) is 0.00339. The molecule has 3 fully saturated rings. The van der Waals surface area contributed by atoms with Crippen molar-refractivity contribution in [2.45, 2.75) is 50.2 Å². The Bertz CT molecular complexity index is 410. The summed E-state index contributed by atoms with van der Waals surface area (Å²) in [5, 5.41) is 6.53. The Labute approximate surface area is 126 Å². The highest BCUT2D eigenvalue weighted by molar-refractivity contribution is 5.85. The van der Waals surface area contributed by atoms with Gasteiger partial charge in [0.25, 0.3) is 0 Å². The van der Waals surface area contributed by atoms with E-state index in [1.807, 2.05) is 0 Å². The maximum Gasteiger partial charge on any atom is 0.239 e. The first-order valence-electron chi connectivity index (χ1n) is 8.12. The average Bonchev–Trinajstić information content (AvgIpc) is 3.14. The number of nitrogens with one attached hydrogen (secondary N) is 2. The first-order chi connectivity index (χ1) is 10.1. The number of hydrogen-bond acceptors (Lipinski definition) is 4. The Hall–Kier alpha value is -1.14. The van der Waals surface area contributed by atoms with Crippen molar-refractivity contribution in [2.24, 2.45) is 0 Å². The van der Waals surface area contributed by atoms with E-state index in [1.54, 1.807) is 11.9 Å². The Balaban J connectivity index is 1.42. The van der Waals surface area contributed by atoms with Crippen molar-refractivity contribution in [3.05, 3.63) is 0 Å². The molecule has 118 valence electrons. The lowest BCUT2D eigenvalue weighted by Gasteiger charge is -2.26. The summed E-state index contributed by atoms with van der Waals surface area (Å²) >= 11 is 0. The predicted octanol–water partition coefficient (Wildman–Crippen LogP) is -0.450. The number of likely N-dealkylation sites (N-methyl/N-ethyl adjacent to an activating group) is 1. The lowest BCUT2D eigenvalue weighted by Crippen LogP contribution is -2.45. The summed E-state index contributed by atoms with van der Waals surface area (Å²) in [4.78, 5) is 27.8. The van der Waals surface area contributed by atoms with Crippen LogP contribution in [0.1, 0.15) is 32.1 Å². The first-order valence-corrected chi connectivity index (χ1v) is 8.12. The molecular formula is C15H26N4O2. The van der Waals surface area contributed by atoms with Crippen molar-refractivity contribution in [2.75, 3.05) is 33.2 Å². The van der Waals surface area contributed by atoms with Crippen LogP contribution >= 0.6 is 0 Å². The quantitative estimate of drug-likeness (QED) is 0.721. The second kappa shape index (κ2) is 6.32. The smallest absolute Gasteiger partial charge is 0.239 e. The molecule has 2 amide bonds. The van der Waals surface area contributed by atoms with Crippen molar-refractivity contribution in [1.29, 1.82) is 0 Å². The number of amides is 2. The Morgan fingerprint density at radius 1 is 1.19 bits per heavy atom. The van der Waals surface area contributed by atoms with Crippen molar-refractivity contribution < 1.29 is 9.59 Å². The van der Waals surface area contributed by atoms with E-state index in [-0.39, 0.29) is 18.4 Å². The van der Waals surface area contributed by atoms with Gasteiger partial charge in [-0.3, -0.25) is 14.5 Å². The predicted molar refractivity (Wildman–Crippen MR) is 79.8 cm³/mol. The van der Waals surface area contributed by atoms with Gasteiger partial charge in [-0.15, -0.1) is 0 Å². The van der Waals surface area contributed by atoms with Crippen LogP contribution in [0.4, 0.5) is 0 Å². The lowest BCUT2D eigenvalue weighted by atomic mass is 10.1. The van der Waals surface area contributed by atoms with Crippen LogP contribution in [-0.2, 0) is 9.59 Å². The summed E-state index contributed by atoms with van der Waals surface area (Å²) in [6, 6.07) is 1.53. The molecule has 6 nitrogen and oxygen atoms in total. The zero-order valence-corrected chi connectivity index (χ0v) is 12.8. The summed E-state index contributed by atoms with van der Waals surface area (Å²) in [7, 11) is 1.72. The van der Waals surface area contributed by atoms with Crippen LogP contribution in [0.25, 0.3) is 0 Å². The summed E-state index contributed by atoms with van der Waals surface area (Å²) in [5.41, 5.74) is 0. The molecule has 2 N–H and O–H groups in total. The highest BCUT2D eigenvalue weighted by Crippen LogP contribution is 2.20. The van der Waals surface area contributed by atoms with E-state index in [0.29, 0.717) is 24.7 Å². The third-order valence-electron chi connectivity index (χ3n) is 4.72. The molecule has 2 bridgehead atoms. The van der Waals surface area contributed by atoms with Crippen LogP contribution < -0.4 is 10.6 Å². The molecule has 1 aliphatic carbocycles. The zero-order valence-electron chi connectivity index (χ0n) is 12.8. The van der Waals surface area contributed by atoms with Crippen LogP contribution in [0.2, 0.25) is 0 Å². The van der Waals surface area contributed by atoms with Gasteiger partial charge in [0, 0.05) is 38.3 Å². The normalized spacial score (nSPS) is 29.0. The van der Waals surface area contributed by atoms with E-state index in [1.165, 1.54) is 12.8 Å². The molecule has 0 aromatic rings. The second-order valence-corrected chi connectivity index (χ2v) is 6.75. The number of hydrogen-bond donors (Lipinski definition) is 2. The van der Waals surface area contributed by atoms with Gasteiger partial charge in [-0.25, -0.2) is 0 Å². The van der Waals surface area contributed by atoms with Crippen molar-refractivity contribution >= 4 is 11.8 Å². The fourth-order valence-electron chi connectivity index (χ4n) is 3.28. The number of likely N-dealkylation sites (tertiary alicyclic amines) is 1. The summed E-state index contributed by atoms with van der Waals surface area (Å²) in [6.07, 6.45) is 5.76. The maximum atomic E-state index is 12.3. The fourth-order valence-corrected chi connectivity index (χ4v) is 3.28. The molecule has 3 rings (SSSR count). The molecule has 0 radical (unpaired) electrons. The number of carbonyl (C=O) groups excluding carboxylic acids is 2. The molecule has 2 saturated heterocycles. The highest BCUT2D eigenvalue weighted by Gasteiger charge is 2.30. The first kappa shape index (κ1) is 14.8. The van der Waals surface area contributed by atoms with Crippen LogP contribution in [0.3, 0.4) is 0 Å². The topological polar surface area (TPSA) is 64.7 Å². The van der Waals surface area contributed by atoms with Gasteiger partial charge in [0.15, 0.2) is 0 Å². The van der Waals surface area contributed by atoms with E-state index >= 15 is 0 Å². The number of fused-ring (bicyclic) bond motifs is 2. The maximum absolute atomic E-state index is 12.3. The molecule has 1 saturated carbocycles. The standard InChI is InChI=1S/C15H26N4O2/c1-18(9-14(20)17-11-2-3-11)15(21)10-19-7-6-12-4-5-13(8-19)16-12/h11-13,16H,2-10H2,1H3,(H,17,20). The molecule has 21 heavy (non-hydrogen) atoms. The van der Waals surface area contributed by atoms with Gasteiger partial charge < -0.3 is 15.5 Å². The molecule has 2 heterocycles. The molecule has 0 aromatic heterocycles. The molecule has 3 aliphatic rings. The zero-order chi connectivity index (χ0) is 14.8. The van der Waals surface area contributed by atoms with Crippen molar-refractivity contribution in [3.63, 3.8) is 0 Å². The number of carbonyl (C=O) groups is 2. The molecule has 0 spiro atoms. The lowest BCUT2D eigenvalue weighted by molar-refractivity contribution is -0.135. The summed E-state index contributed by atoms with van der Waals surface area (Å²) < 4.78 is 0. The minimum Gasteiger partial charge on any atom is -0.352 e. The third-order valence-corrected chi connectivity index (χ3v) is 4.72. The van der Waals surface area contributed by atoms with Crippen molar-refractivity contribution in [1.82, 2.24) is 20.4 Å². The Morgan fingerprint density at radius 2 is 1.95 bits per heavy atom. The highest BCUT2D eigenvalue weighted by atomic mass is 16.2. The van der Waals surface area contributed by atoms with E-state index in [9.17, 15) is 9.59 Å². The number of rotatable bonds is 5. The van der Waals surface area contributed by atoms with E-state index < -0.39 is 0 Å². The van der Waals surface area contributed by atoms with Crippen LogP contribution in [0.15, 0.2) is 0 Å². The third kappa shape index (κ3) is 4.17. The minimum atomic E-state index is -0.0371. The monoisotopic (exact) mass is 294 g/mol. The Morgan fingerprint density at radius 3 is 2.71 bits per heavy atom. The second-order valence-electron chi connectivity index (χ2n) is 6.75. The van der Waals surface area contributed by atoms with Crippen LogP contribution in [-0.4, -0.2) is 73.0 Å². The SMILES string of the molecule is CN(CC(=O)NC1CC1)C(=O)CN1CCC2CCC(C1)N2. The van der Waals surface area contributed by atoms with Crippen molar-refractivity contribution in [3.8, 4) is 0 Å². The van der Waals surface area contributed by atoms with Crippen LogP contribution in [0.5, 0.6) is 0 Å². The molecule has 2 atom stereocenters. The molecule has 0 aromatic carbocycles. The minimum absolute atomic E-state index is 0.0371. The largest absolute Gasteiger partial charge is 0.352 e. The van der Waals surface area contributed by atoms with Gasteiger partial charge in [-0.05, 0) is 32.1 Å². The fraction of sp³-hybridized carbons (Fsp3) is 0.867. The van der Waals surface area contributed by atoms with Gasteiger partial charge in [0.2, 0.25) is 11.8 Å². The average molecular weight is 294 g/mol. The number of nitrogens with zero attached hydrogens (tertiary/aromatic N) is 2. The van der Waals surface area contributed by atoms with Crippen LogP contribution in [0, 0.1) is 0 Å². The Kier molecular flexibility index (Phi) is 4.45. The van der Waals surface area contributed by atoms with Gasteiger partial charge in [0.1, 0.15) is 0 Å².